The van der Waals surface area contributed by atoms with Crippen molar-refractivity contribution in [2.75, 3.05) is 13.2 Å². The zero-order chi connectivity index (χ0) is 14.0. The van der Waals surface area contributed by atoms with E-state index in [-0.39, 0.29) is 5.54 Å². The van der Waals surface area contributed by atoms with Crippen LogP contribution in [0.4, 0.5) is 0 Å². The second-order valence-corrected chi connectivity index (χ2v) is 6.34. The third kappa shape index (κ3) is 3.41. The van der Waals surface area contributed by atoms with E-state index in [9.17, 15) is 0 Å². The molecule has 0 radical (unpaired) electrons. The molecule has 0 amide bonds. The lowest BCUT2D eigenvalue weighted by atomic mass is 9.88. The first-order valence-electron chi connectivity index (χ1n) is 7.09. The number of ether oxygens (including phenoxy) is 2. The Balaban J connectivity index is 2.47. The predicted octanol–water partition coefficient (Wildman–Crippen LogP) is 3.25. The summed E-state index contributed by atoms with van der Waals surface area (Å²) in [7, 11) is 0. The molecule has 3 nitrogen and oxygen atoms in total. The summed E-state index contributed by atoms with van der Waals surface area (Å²) in [6.45, 7) is 9.95. The largest absolute Gasteiger partial charge is 0.490 e. The van der Waals surface area contributed by atoms with Gasteiger partial charge in [-0.25, -0.2) is 0 Å². The van der Waals surface area contributed by atoms with Crippen LogP contribution in [0.1, 0.15) is 51.2 Å². The van der Waals surface area contributed by atoms with Crippen LogP contribution in [0.2, 0.25) is 0 Å². The van der Waals surface area contributed by atoms with Gasteiger partial charge in [0.1, 0.15) is 0 Å². The summed E-state index contributed by atoms with van der Waals surface area (Å²) >= 11 is 0. The van der Waals surface area contributed by atoms with E-state index in [0.29, 0.717) is 5.92 Å². The third-order valence-corrected chi connectivity index (χ3v) is 3.27. The van der Waals surface area contributed by atoms with E-state index in [0.717, 1.165) is 37.6 Å². The summed E-state index contributed by atoms with van der Waals surface area (Å²) in [5.74, 6) is 2.20. The van der Waals surface area contributed by atoms with Gasteiger partial charge in [-0.2, -0.15) is 0 Å². The highest BCUT2D eigenvalue weighted by Gasteiger charge is 2.23. The average Bonchev–Trinajstić information content (AvgIpc) is 2.50. The normalized spacial score (nSPS) is 15.5. The number of rotatable bonds is 3. The minimum absolute atomic E-state index is 0.219. The highest BCUT2D eigenvalue weighted by molar-refractivity contribution is 5.53. The first kappa shape index (κ1) is 14.2. The number of hydrogen-bond acceptors (Lipinski definition) is 3. The van der Waals surface area contributed by atoms with Crippen LogP contribution in [-0.2, 0) is 6.42 Å². The summed E-state index contributed by atoms with van der Waals surface area (Å²) in [5, 5.41) is 0. The highest BCUT2D eigenvalue weighted by atomic mass is 16.5. The molecule has 0 fully saturated rings. The van der Waals surface area contributed by atoms with Crippen molar-refractivity contribution in [1.82, 2.24) is 0 Å². The topological polar surface area (TPSA) is 44.5 Å². The van der Waals surface area contributed by atoms with Crippen molar-refractivity contribution in [3.63, 3.8) is 0 Å². The molecule has 19 heavy (non-hydrogen) atoms. The Morgan fingerprint density at radius 2 is 1.89 bits per heavy atom. The fourth-order valence-electron chi connectivity index (χ4n) is 2.58. The quantitative estimate of drug-likeness (QED) is 0.910. The molecule has 3 heteroatoms. The van der Waals surface area contributed by atoms with Crippen LogP contribution in [0.15, 0.2) is 12.1 Å². The highest BCUT2D eigenvalue weighted by Crippen LogP contribution is 2.40. The maximum Gasteiger partial charge on any atom is 0.164 e. The molecule has 0 spiro atoms. The van der Waals surface area contributed by atoms with Crippen molar-refractivity contribution in [2.24, 2.45) is 5.73 Å². The number of fused-ring (bicyclic) bond motifs is 1. The lowest BCUT2D eigenvalue weighted by Crippen LogP contribution is -2.34. The Kier molecular flexibility index (Phi) is 4.04. The van der Waals surface area contributed by atoms with E-state index in [1.807, 2.05) is 6.07 Å². The van der Waals surface area contributed by atoms with E-state index >= 15 is 0 Å². The molecular formula is C16H25NO2. The second kappa shape index (κ2) is 5.41. The zero-order valence-corrected chi connectivity index (χ0v) is 12.5. The van der Waals surface area contributed by atoms with Gasteiger partial charge >= 0.3 is 0 Å². The molecule has 2 rings (SSSR count). The van der Waals surface area contributed by atoms with Crippen LogP contribution >= 0.6 is 0 Å². The molecule has 0 saturated carbocycles. The van der Waals surface area contributed by atoms with Crippen molar-refractivity contribution in [3.8, 4) is 11.5 Å². The van der Waals surface area contributed by atoms with Crippen LogP contribution in [0, 0.1) is 0 Å². The molecule has 1 aromatic carbocycles. The number of benzene rings is 1. The second-order valence-electron chi connectivity index (χ2n) is 6.34. The molecule has 0 aliphatic carbocycles. The summed E-state index contributed by atoms with van der Waals surface area (Å²) in [4.78, 5) is 0. The van der Waals surface area contributed by atoms with Crippen LogP contribution in [0.3, 0.4) is 0 Å². The van der Waals surface area contributed by atoms with Crippen LogP contribution < -0.4 is 15.2 Å². The Morgan fingerprint density at radius 3 is 2.53 bits per heavy atom. The van der Waals surface area contributed by atoms with Gasteiger partial charge in [-0.05, 0) is 37.8 Å². The monoisotopic (exact) mass is 263 g/mol. The van der Waals surface area contributed by atoms with Gasteiger partial charge < -0.3 is 15.2 Å². The van der Waals surface area contributed by atoms with E-state index in [2.05, 4.69) is 33.8 Å². The standard InChI is InChI=1S/C16H25NO2/c1-11(2)14-12(10-16(3,4)17)6-7-13-15(14)19-9-5-8-18-13/h6-7,11H,5,8-10,17H2,1-4H3. The molecule has 0 atom stereocenters. The molecular weight excluding hydrogens is 238 g/mol. The molecule has 0 saturated heterocycles. The van der Waals surface area contributed by atoms with Crippen molar-refractivity contribution in [1.29, 1.82) is 0 Å². The van der Waals surface area contributed by atoms with Crippen LogP contribution in [-0.4, -0.2) is 18.8 Å². The average molecular weight is 263 g/mol. The smallest absolute Gasteiger partial charge is 0.164 e. The van der Waals surface area contributed by atoms with E-state index in [4.69, 9.17) is 15.2 Å². The van der Waals surface area contributed by atoms with Gasteiger partial charge in [-0.1, -0.05) is 19.9 Å². The summed E-state index contributed by atoms with van der Waals surface area (Å²) in [5.41, 5.74) is 8.47. The van der Waals surface area contributed by atoms with Gasteiger partial charge in [0.25, 0.3) is 0 Å². The Labute approximate surface area is 116 Å². The van der Waals surface area contributed by atoms with Crippen molar-refractivity contribution >= 4 is 0 Å². The van der Waals surface area contributed by atoms with Crippen molar-refractivity contribution < 1.29 is 9.47 Å². The Bertz CT molecular complexity index is 447. The van der Waals surface area contributed by atoms with E-state index in [1.54, 1.807) is 0 Å². The van der Waals surface area contributed by atoms with Gasteiger partial charge in [0, 0.05) is 17.5 Å². The fourth-order valence-corrected chi connectivity index (χ4v) is 2.58. The van der Waals surface area contributed by atoms with Gasteiger partial charge in [-0.3, -0.25) is 0 Å². The Morgan fingerprint density at radius 1 is 1.21 bits per heavy atom. The van der Waals surface area contributed by atoms with Gasteiger partial charge in [-0.15, -0.1) is 0 Å². The summed E-state index contributed by atoms with van der Waals surface area (Å²) in [6.07, 6.45) is 1.78. The molecule has 1 aliphatic rings. The van der Waals surface area contributed by atoms with Gasteiger partial charge in [0.05, 0.1) is 13.2 Å². The minimum Gasteiger partial charge on any atom is -0.490 e. The first-order chi connectivity index (χ1) is 8.88. The lowest BCUT2D eigenvalue weighted by Gasteiger charge is -2.24. The molecule has 1 aromatic rings. The lowest BCUT2D eigenvalue weighted by molar-refractivity contribution is 0.295. The third-order valence-electron chi connectivity index (χ3n) is 3.27. The first-order valence-corrected chi connectivity index (χ1v) is 7.09. The molecule has 0 bridgehead atoms. The van der Waals surface area contributed by atoms with Gasteiger partial charge in [0.2, 0.25) is 0 Å². The summed E-state index contributed by atoms with van der Waals surface area (Å²) < 4.78 is 11.7. The van der Waals surface area contributed by atoms with Gasteiger partial charge in [0.15, 0.2) is 11.5 Å². The molecule has 0 aromatic heterocycles. The van der Waals surface area contributed by atoms with E-state index in [1.165, 1.54) is 11.1 Å². The number of nitrogens with two attached hydrogens (primary N) is 1. The molecule has 106 valence electrons. The molecule has 1 heterocycles. The number of hydrogen-bond donors (Lipinski definition) is 1. The Hall–Kier alpha value is -1.22. The predicted molar refractivity (Wildman–Crippen MR) is 78.1 cm³/mol. The van der Waals surface area contributed by atoms with E-state index < -0.39 is 0 Å². The van der Waals surface area contributed by atoms with Crippen LogP contribution in [0.5, 0.6) is 11.5 Å². The molecule has 2 N–H and O–H groups in total. The molecule has 1 aliphatic heterocycles. The fraction of sp³-hybridized carbons (Fsp3) is 0.625. The van der Waals surface area contributed by atoms with Crippen molar-refractivity contribution in [2.45, 2.75) is 52.0 Å². The SMILES string of the molecule is CC(C)c1c(CC(C)(C)N)ccc2c1OCCCO2. The van der Waals surface area contributed by atoms with Crippen LogP contribution in [0.25, 0.3) is 0 Å². The summed E-state index contributed by atoms with van der Waals surface area (Å²) in [6, 6.07) is 4.16. The maximum absolute atomic E-state index is 6.17. The van der Waals surface area contributed by atoms with Crippen molar-refractivity contribution in [3.05, 3.63) is 23.3 Å². The molecule has 0 unspecified atom stereocenters. The maximum atomic E-state index is 6.17. The minimum atomic E-state index is -0.219. The zero-order valence-electron chi connectivity index (χ0n) is 12.5.